The SMILES string of the molecule is CC(=O)O[C@@H]1[C@H](O)/C(C)=C/[C@@H]2[C@H](OC(=O)c3ccccc3)[C@@H](C)C[C@@]2(OC(C)=O)[C@H](OC(C)=O)[C@H](C)/C=C/C(C)(C)[C@H]1OC(C)=O. The zero-order chi connectivity index (χ0) is 34.6. The van der Waals surface area contributed by atoms with Crippen molar-refractivity contribution in [2.75, 3.05) is 0 Å². The van der Waals surface area contributed by atoms with E-state index in [2.05, 4.69) is 0 Å². The molecule has 2 aliphatic rings. The molecule has 0 unspecified atom stereocenters. The summed E-state index contributed by atoms with van der Waals surface area (Å²) in [5, 5.41) is 11.8. The number of benzene rings is 1. The second kappa shape index (κ2) is 14.6. The third kappa shape index (κ3) is 8.23. The molecule has 9 atom stereocenters. The van der Waals surface area contributed by atoms with Gasteiger partial charge in [-0.2, -0.15) is 0 Å². The summed E-state index contributed by atoms with van der Waals surface area (Å²) >= 11 is 0. The molecule has 11 heteroatoms. The zero-order valence-electron chi connectivity index (χ0n) is 28.0. The van der Waals surface area contributed by atoms with E-state index in [1.54, 1.807) is 76.3 Å². The minimum atomic E-state index is -1.54. The lowest BCUT2D eigenvalue weighted by atomic mass is 9.74. The molecule has 46 heavy (non-hydrogen) atoms. The van der Waals surface area contributed by atoms with Crippen molar-refractivity contribution in [2.45, 2.75) is 105 Å². The van der Waals surface area contributed by atoms with E-state index in [1.165, 1.54) is 27.7 Å². The molecule has 0 aliphatic heterocycles. The Morgan fingerprint density at radius 2 is 1.35 bits per heavy atom. The van der Waals surface area contributed by atoms with Gasteiger partial charge >= 0.3 is 29.8 Å². The second-order valence-electron chi connectivity index (χ2n) is 13.0. The fourth-order valence-corrected chi connectivity index (χ4v) is 6.69. The summed E-state index contributed by atoms with van der Waals surface area (Å²) in [5.41, 5.74) is -2.00. The first kappa shape index (κ1) is 36.5. The molecule has 0 radical (unpaired) electrons. The van der Waals surface area contributed by atoms with Crippen molar-refractivity contribution in [1.29, 1.82) is 0 Å². The molecule has 11 nitrogen and oxygen atoms in total. The predicted octanol–water partition coefficient (Wildman–Crippen LogP) is 4.50. The highest BCUT2D eigenvalue weighted by Crippen LogP contribution is 2.51. The Morgan fingerprint density at radius 1 is 0.783 bits per heavy atom. The van der Waals surface area contributed by atoms with Crippen molar-refractivity contribution in [2.24, 2.45) is 23.2 Å². The molecule has 0 aromatic heterocycles. The largest absolute Gasteiger partial charge is 0.458 e. The summed E-state index contributed by atoms with van der Waals surface area (Å²) in [7, 11) is 0. The van der Waals surface area contributed by atoms with Crippen molar-refractivity contribution in [1.82, 2.24) is 0 Å². The Hall–Kier alpha value is -3.99. The number of carbonyl (C=O) groups is 5. The average molecular weight is 643 g/mol. The number of ether oxygens (including phenoxy) is 5. The molecule has 0 amide bonds. The van der Waals surface area contributed by atoms with Gasteiger partial charge in [-0.15, -0.1) is 0 Å². The molecule has 0 spiro atoms. The molecular weight excluding hydrogens is 596 g/mol. The molecule has 0 saturated heterocycles. The third-order valence-electron chi connectivity index (χ3n) is 8.63. The summed E-state index contributed by atoms with van der Waals surface area (Å²) in [6.45, 7) is 13.6. The fourth-order valence-electron chi connectivity index (χ4n) is 6.69. The Morgan fingerprint density at radius 3 is 1.89 bits per heavy atom. The molecule has 3 rings (SSSR count). The van der Waals surface area contributed by atoms with Crippen LogP contribution in [-0.4, -0.2) is 71.1 Å². The second-order valence-corrected chi connectivity index (χ2v) is 13.0. The van der Waals surface area contributed by atoms with Crippen LogP contribution < -0.4 is 0 Å². The fraction of sp³-hybridized carbons (Fsp3) is 0.571. The minimum Gasteiger partial charge on any atom is -0.458 e. The molecule has 2 aliphatic carbocycles. The van der Waals surface area contributed by atoms with E-state index in [0.717, 1.165) is 0 Å². The molecule has 0 heterocycles. The highest BCUT2D eigenvalue weighted by Gasteiger charge is 2.62. The summed E-state index contributed by atoms with van der Waals surface area (Å²) in [5.74, 6) is -5.17. The van der Waals surface area contributed by atoms with Crippen LogP contribution in [0.25, 0.3) is 0 Å². The van der Waals surface area contributed by atoms with E-state index in [4.69, 9.17) is 23.7 Å². The number of aliphatic hydroxyl groups is 1. The maximum atomic E-state index is 13.4. The third-order valence-corrected chi connectivity index (χ3v) is 8.63. The van der Waals surface area contributed by atoms with Crippen LogP contribution in [-0.2, 0) is 42.9 Å². The van der Waals surface area contributed by atoms with Gasteiger partial charge in [-0.05, 0) is 37.0 Å². The highest BCUT2D eigenvalue weighted by atomic mass is 16.6. The van der Waals surface area contributed by atoms with Crippen LogP contribution >= 0.6 is 0 Å². The van der Waals surface area contributed by atoms with Crippen molar-refractivity contribution < 1.29 is 52.8 Å². The van der Waals surface area contributed by atoms with E-state index in [-0.39, 0.29) is 12.0 Å². The van der Waals surface area contributed by atoms with Crippen molar-refractivity contribution >= 4 is 29.8 Å². The normalized spacial score (nSPS) is 34.2. The summed E-state index contributed by atoms with van der Waals surface area (Å²) in [6, 6.07) is 8.40. The number of carbonyl (C=O) groups excluding carboxylic acids is 5. The summed E-state index contributed by atoms with van der Waals surface area (Å²) in [6.07, 6.45) is -0.733. The van der Waals surface area contributed by atoms with Crippen LogP contribution in [0.2, 0.25) is 0 Å². The van der Waals surface area contributed by atoms with Gasteiger partial charge in [-0.1, -0.05) is 64.1 Å². The van der Waals surface area contributed by atoms with Gasteiger partial charge in [0.2, 0.25) is 0 Å². The van der Waals surface area contributed by atoms with Crippen LogP contribution in [0.1, 0.15) is 79.1 Å². The van der Waals surface area contributed by atoms with E-state index in [9.17, 15) is 29.1 Å². The van der Waals surface area contributed by atoms with Crippen molar-refractivity contribution in [3.8, 4) is 0 Å². The van der Waals surface area contributed by atoms with Crippen molar-refractivity contribution in [3.63, 3.8) is 0 Å². The molecule has 1 aromatic rings. The topological polar surface area (TPSA) is 152 Å². The molecular formula is C35H46O11. The first-order valence-corrected chi connectivity index (χ1v) is 15.4. The zero-order valence-corrected chi connectivity index (χ0v) is 28.0. The highest BCUT2D eigenvalue weighted by molar-refractivity contribution is 5.89. The lowest BCUT2D eigenvalue weighted by Crippen LogP contribution is -2.55. The lowest BCUT2D eigenvalue weighted by molar-refractivity contribution is -0.195. The monoisotopic (exact) mass is 642 g/mol. The van der Waals surface area contributed by atoms with Crippen LogP contribution in [0.15, 0.2) is 54.1 Å². The van der Waals surface area contributed by atoms with Gasteiger partial charge in [-0.25, -0.2) is 4.79 Å². The molecule has 1 saturated carbocycles. The van der Waals surface area contributed by atoms with Gasteiger partial charge < -0.3 is 28.8 Å². The Balaban J connectivity index is 2.34. The smallest absolute Gasteiger partial charge is 0.338 e. The Labute approximate surface area is 270 Å². The molecule has 1 fully saturated rings. The maximum absolute atomic E-state index is 13.4. The van der Waals surface area contributed by atoms with Crippen LogP contribution in [0.5, 0.6) is 0 Å². The summed E-state index contributed by atoms with van der Waals surface area (Å²) < 4.78 is 29.5. The molecule has 0 bridgehead atoms. The van der Waals surface area contributed by atoms with Gasteiger partial charge in [0, 0.05) is 39.0 Å². The number of rotatable bonds is 6. The minimum absolute atomic E-state index is 0.146. The van der Waals surface area contributed by atoms with E-state index in [0.29, 0.717) is 5.56 Å². The Kier molecular flexibility index (Phi) is 11.6. The predicted molar refractivity (Wildman–Crippen MR) is 166 cm³/mol. The lowest BCUT2D eigenvalue weighted by Gasteiger charge is -2.44. The van der Waals surface area contributed by atoms with E-state index in [1.807, 2.05) is 6.92 Å². The van der Waals surface area contributed by atoms with E-state index < -0.39 is 89.1 Å². The van der Waals surface area contributed by atoms with Gasteiger partial charge in [0.1, 0.15) is 24.4 Å². The van der Waals surface area contributed by atoms with Crippen LogP contribution in [0.4, 0.5) is 0 Å². The van der Waals surface area contributed by atoms with Gasteiger partial charge in [0.15, 0.2) is 11.7 Å². The number of aliphatic hydroxyl groups excluding tert-OH is 1. The molecule has 1 aromatic carbocycles. The Bertz CT molecular complexity index is 1360. The molecule has 252 valence electrons. The van der Waals surface area contributed by atoms with E-state index >= 15 is 0 Å². The quantitative estimate of drug-likeness (QED) is 0.265. The first-order valence-electron chi connectivity index (χ1n) is 15.4. The van der Waals surface area contributed by atoms with Crippen LogP contribution in [0, 0.1) is 23.2 Å². The maximum Gasteiger partial charge on any atom is 0.338 e. The van der Waals surface area contributed by atoms with Gasteiger partial charge in [0.25, 0.3) is 0 Å². The van der Waals surface area contributed by atoms with Crippen molar-refractivity contribution in [3.05, 3.63) is 59.7 Å². The number of esters is 5. The first-order chi connectivity index (χ1) is 21.4. The summed E-state index contributed by atoms with van der Waals surface area (Å²) in [4.78, 5) is 63.4. The standard InChI is InChI=1S/C35H46O11/c1-19-15-16-34(8,9)32(44-24(6)38)30(42-22(4)36)28(40)20(2)17-27-29(45-33(41)26-13-11-10-12-14-26)21(3)18-35(27,46-25(7)39)31(19)43-23(5)37/h10-17,19,21,27-32,40H,18H2,1-9H3/b16-15+,20-17+/t19-,21+,27-,28-,29-,30-,31-,32+,35+/m1/s1. The number of hydrogen-bond donors (Lipinski definition) is 1. The van der Waals surface area contributed by atoms with Crippen LogP contribution in [0.3, 0.4) is 0 Å². The molecule has 1 N–H and O–H groups in total. The van der Waals surface area contributed by atoms with Gasteiger partial charge in [0.05, 0.1) is 11.5 Å². The number of fused-ring (bicyclic) bond motifs is 1. The van der Waals surface area contributed by atoms with Gasteiger partial charge in [-0.3, -0.25) is 19.2 Å². The number of hydrogen-bond acceptors (Lipinski definition) is 11. The average Bonchev–Trinajstić information content (AvgIpc) is 3.20.